The van der Waals surface area contributed by atoms with Crippen molar-refractivity contribution in [3.05, 3.63) is 23.9 Å². The molecule has 0 radical (unpaired) electrons. The van der Waals surface area contributed by atoms with Crippen LogP contribution in [-0.4, -0.2) is 26.9 Å². The van der Waals surface area contributed by atoms with Crippen molar-refractivity contribution in [1.82, 2.24) is 19.7 Å². The van der Waals surface area contributed by atoms with Crippen LogP contribution in [0.3, 0.4) is 0 Å². The van der Waals surface area contributed by atoms with Gasteiger partial charge in [-0.3, -0.25) is 4.68 Å². The van der Waals surface area contributed by atoms with Gasteiger partial charge in [-0.15, -0.1) is 0 Å². The van der Waals surface area contributed by atoms with E-state index in [0.717, 1.165) is 5.56 Å². The average molecular weight is 225 g/mol. The van der Waals surface area contributed by atoms with Crippen LogP contribution in [0.2, 0.25) is 5.15 Å². The van der Waals surface area contributed by atoms with Crippen LogP contribution in [0.5, 0.6) is 5.75 Å². The fourth-order valence-electron chi connectivity index (χ4n) is 1.28. The Labute approximate surface area is 91.7 Å². The number of rotatable bonds is 2. The SMILES string of the molecule is COc1c(Cl)ncnc1-c1cnn(C)c1. The van der Waals surface area contributed by atoms with E-state index in [1.807, 2.05) is 13.2 Å². The first kappa shape index (κ1) is 9.92. The van der Waals surface area contributed by atoms with Gasteiger partial charge in [-0.2, -0.15) is 5.10 Å². The number of nitrogens with zero attached hydrogens (tertiary/aromatic N) is 4. The van der Waals surface area contributed by atoms with Crippen molar-refractivity contribution in [3.63, 3.8) is 0 Å². The molecule has 5 nitrogen and oxygen atoms in total. The molecule has 15 heavy (non-hydrogen) atoms. The summed E-state index contributed by atoms with van der Waals surface area (Å²) < 4.78 is 6.83. The monoisotopic (exact) mass is 224 g/mol. The molecule has 2 aromatic rings. The molecule has 0 aromatic carbocycles. The Hall–Kier alpha value is -1.62. The highest BCUT2D eigenvalue weighted by atomic mass is 35.5. The van der Waals surface area contributed by atoms with Crippen molar-refractivity contribution in [3.8, 4) is 17.0 Å². The Bertz CT molecular complexity index is 483. The van der Waals surface area contributed by atoms with E-state index >= 15 is 0 Å². The Morgan fingerprint density at radius 1 is 1.40 bits per heavy atom. The first-order chi connectivity index (χ1) is 7.22. The van der Waals surface area contributed by atoms with Crippen LogP contribution >= 0.6 is 11.6 Å². The number of halogens is 1. The molecule has 0 atom stereocenters. The summed E-state index contributed by atoms with van der Waals surface area (Å²) in [5.74, 6) is 0.465. The first-order valence-corrected chi connectivity index (χ1v) is 4.63. The minimum atomic E-state index is 0.298. The normalized spacial score (nSPS) is 10.3. The van der Waals surface area contributed by atoms with Gasteiger partial charge in [0.05, 0.1) is 13.3 Å². The van der Waals surface area contributed by atoms with Gasteiger partial charge in [0.1, 0.15) is 12.0 Å². The maximum absolute atomic E-state index is 5.88. The van der Waals surface area contributed by atoms with E-state index in [1.165, 1.54) is 13.4 Å². The Balaban J connectivity index is 2.57. The second-order valence-corrected chi connectivity index (χ2v) is 3.31. The minimum absolute atomic E-state index is 0.298. The summed E-state index contributed by atoms with van der Waals surface area (Å²) in [7, 11) is 3.36. The van der Waals surface area contributed by atoms with Crippen molar-refractivity contribution >= 4 is 11.6 Å². The molecule has 0 aliphatic heterocycles. The Morgan fingerprint density at radius 2 is 2.20 bits per heavy atom. The van der Waals surface area contributed by atoms with Crippen LogP contribution in [0, 0.1) is 0 Å². The molecule has 0 aliphatic rings. The van der Waals surface area contributed by atoms with Crippen molar-refractivity contribution < 1.29 is 4.74 Å². The lowest BCUT2D eigenvalue weighted by Crippen LogP contribution is -1.93. The molecule has 0 saturated heterocycles. The molecular formula is C9H9ClN4O. The molecule has 0 aliphatic carbocycles. The summed E-state index contributed by atoms with van der Waals surface area (Å²) in [6.07, 6.45) is 4.93. The minimum Gasteiger partial charge on any atom is -0.491 e. The zero-order valence-electron chi connectivity index (χ0n) is 8.31. The number of hydrogen-bond donors (Lipinski definition) is 0. The second kappa shape index (κ2) is 3.86. The van der Waals surface area contributed by atoms with Crippen molar-refractivity contribution in [1.29, 1.82) is 0 Å². The van der Waals surface area contributed by atoms with Gasteiger partial charge in [0.15, 0.2) is 10.9 Å². The van der Waals surface area contributed by atoms with E-state index in [0.29, 0.717) is 16.6 Å². The van der Waals surface area contributed by atoms with E-state index < -0.39 is 0 Å². The predicted molar refractivity (Wildman–Crippen MR) is 55.8 cm³/mol. The maximum atomic E-state index is 5.88. The summed E-state index contributed by atoms with van der Waals surface area (Å²) in [4.78, 5) is 7.97. The number of ether oxygens (including phenoxy) is 1. The summed E-state index contributed by atoms with van der Waals surface area (Å²) in [5.41, 5.74) is 1.49. The molecule has 78 valence electrons. The number of hydrogen-bond acceptors (Lipinski definition) is 4. The highest BCUT2D eigenvalue weighted by Gasteiger charge is 2.13. The lowest BCUT2D eigenvalue weighted by atomic mass is 10.2. The molecule has 0 unspecified atom stereocenters. The standard InChI is InChI=1S/C9H9ClN4O/c1-14-4-6(3-13-14)7-8(15-2)9(10)12-5-11-7/h3-5H,1-2H3. The molecule has 2 heterocycles. The Kier molecular flexibility index (Phi) is 2.55. The summed E-state index contributed by atoms with van der Waals surface area (Å²) in [6, 6.07) is 0. The third-order valence-corrected chi connectivity index (χ3v) is 2.21. The molecule has 0 amide bonds. The molecule has 6 heteroatoms. The predicted octanol–water partition coefficient (Wildman–Crippen LogP) is 1.54. The van der Waals surface area contributed by atoms with Crippen molar-refractivity contribution in [2.45, 2.75) is 0 Å². The zero-order chi connectivity index (χ0) is 10.8. The molecule has 0 bridgehead atoms. The molecule has 0 fully saturated rings. The summed E-state index contributed by atoms with van der Waals surface area (Å²) in [6.45, 7) is 0. The van der Waals surface area contributed by atoms with Crippen LogP contribution in [0.25, 0.3) is 11.3 Å². The lowest BCUT2D eigenvalue weighted by Gasteiger charge is -2.05. The van der Waals surface area contributed by atoms with Crippen molar-refractivity contribution in [2.24, 2.45) is 7.05 Å². The van der Waals surface area contributed by atoms with Gasteiger partial charge >= 0.3 is 0 Å². The molecule has 0 spiro atoms. The molecular weight excluding hydrogens is 216 g/mol. The van der Waals surface area contributed by atoms with E-state index in [4.69, 9.17) is 16.3 Å². The fraction of sp³-hybridized carbons (Fsp3) is 0.222. The Morgan fingerprint density at radius 3 is 2.80 bits per heavy atom. The first-order valence-electron chi connectivity index (χ1n) is 4.26. The fourth-order valence-corrected chi connectivity index (χ4v) is 1.49. The summed E-state index contributed by atoms with van der Waals surface area (Å²) >= 11 is 5.88. The van der Waals surface area contributed by atoms with Gasteiger partial charge in [-0.1, -0.05) is 11.6 Å². The van der Waals surface area contributed by atoms with Crippen LogP contribution < -0.4 is 4.74 Å². The number of aryl methyl sites for hydroxylation is 1. The smallest absolute Gasteiger partial charge is 0.182 e. The van der Waals surface area contributed by atoms with Gasteiger partial charge in [0.2, 0.25) is 0 Å². The highest BCUT2D eigenvalue weighted by Crippen LogP contribution is 2.31. The van der Waals surface area contributed by atoms with E-state index in [-0.39, 0.29) is 0 Å². The zero-order valence-corrected chi connectivity index (χ0v) is 9.06. The second-order valence-electron chi connectivity index (χ2n) is 2.95. The van der Waals surface area contributed by atoms with Crippen LogP contribution in [-0.2, 0) is 7.05 Å². The molecule has 0 saturated carbocycles. The number of methoxy groups -OCH3 is 1. The number of aromatic nitrogens is 4. The van der Waals surface area contributed by atoms with E-state index in [1.54, 1.807) is 10.9 Å². The van der Waals surface area contributed by atoms with Gasteiger partial charge in [0.25, 0.3) is 0 Å². The quantitative estimate of drug-likeness (QED) is 0.727. The van der Waals surface area contributed by atoms with E-state index in [2.05, 4.69) is 15.1 Å². The van der Waals surface area contributed by atoms with Gasteiger partial charge in [0, 0.05) is 18.8 Å². The lowest BCUT2D eigenvalue weighted by molar-refractivity contribution is 0.413. The third-order valence-electron chi connectivity index (χ3n) is 1.94. The van der Waals surface area contributed by atoms with Gasteiger partial charge in [-0.25, -0.2) is 9.97 Å². The van der Waals surface area contributed by atoms with Crippen LogP contribution in [0.4, 0.5) is 0 Å². The van der Waals surface area contributed by atoms with Gasteiger partial charge < -0.3 is 4.74 Å². The molecule has 0 N–H and O–H groups in total. The molecule has 2 rings (SSSR count). The van der Waals surface area contributed by atoms with Crippen molar-refractivity contribution in [2.75, 3.05) is 7.11 Å². The van der Waals surface area contributed by atoms with Crippen LogP contribution in [0.1, 0.15) is 0 Å². The largest absolute Gasteiger partial charge is 0.491 e. The van der Waals surface area contributed by atoms with E-state index in [9.17, 15) is 0 Å². The highest BCUT2D eigenvalue weighted by molar-refractivity contribution is 6.31. The van der Waals surface area contributed by atoms with Gasteiger partial charge in [-0.05, 0) is 0 Å². The molecule has 2 aromatic heterocycles. The maximum Gasteiger partial charge on any atom is 0.182 e. The van der Waals surface area contributed by atoms with Crippen LogP contribution in [0.15, 0.2) is 18.7 Å². The third kappa shape index (κ3) is 1.78. The topological polar surface area (TPSA) is 52.8 Å². The summed E-state index contributed by atoms with van der Waals surface area (Å²) in [5, 5.41) is 4.35. The average Bonchev–Trinajstić information content (AvgIpc) is 2.64.